The van der Waals surface area contributed by atoms with Crippen LogP contribution in [0.4, 0.5) is 17.3 Å². The van der Waals surface area contributed by atoms with E-state index in [1.807, 2.05) is 19.1 Å². The summed E-state index contributed by atoms with van der Waals surface area (Å²) in [7, 11) is 1.67. The van der Waals surface area contributed by atoms with Crippen LogP contribution >= 0.6 is 0 Å². The molecule has 33 heavy (non-hydrogen) atoms. The van der Waals surface area contributed by atoms with E-state index in [0.29, 0.717) is 6.54 Å². The van der Waals surface area contributed by atoms with E-state index >= 15 is 0 Å². The van der Waals surface area contributed by atoms with Crippen molar-refractivity contribution in [3.05, 3.63) is 41.2 Å². The Labute approximate surface area is 193 Å². The first-order valence-corrected chi connectivity index (χ1v) is 11.4. The molecule has 2 aliphatic rings. The highest BCUT2D eigenvalue weighted by atomic mass is 16.3. The fourth-order valence-electron chi connectivity index (χ4n) is 4.33. The Balaban J connectivity index is 1.64. The minimum Gasteiger partial charge on any atom is -0.382 e. The lowest BCUT2D eigenvalue weighted by atomic mass is 10.1. The van der Waals surface area contributed by atoms with Gasteiger partial charge in [-0.1, -0.05) is 31.2 Å². The average Bonchev–Trinajstić information content (AvgIpc) is 3.30. The zero-order chi connectivity index (χ0) is 23.5. The van der Waals surface area contributed by atoms with Gasteiger partial charge in [-0.05, 0) is 43.5 Å². The van der Waals surface area contributed by atoms with Crippen molar-refractivity contribution in [2.45, 2.75) is 45.5 Å². The molecule has 1 unspecified atom stereocenters. The van der Waals surface area contributed by atoms with E-state index in [0.717, 1.165) is 31.6 Å². The van der Waals surface area contributed by atoms with Crippen LogP contribution in [0, 0.1) is 0 Å². The highest BCUT2D eigenvalue weighted by Crippen LogP contribution is 2.34. The Morgan fingerprint density at radius 2 is 1.94 bits per heavy atom. The number of anilines is 3. The second-order valence-electron chi connectivity index (χ2n) is 8.65. The zero-order valence-electron chi connectivity index (χ0n) is 19.1. The summed E-state index contributed by atoms with van der Waals surface area (Å²) in [6, 6.07) is 8.07. The maximum atomic E-state index is 12.8. The summed E-state index contributed by atoms with van der Waals surface area (Å²) >= 11 is 0. The molecule has 10 nitrogen and oxygen atoms in total. The van der Waals surface area contributed by atoms with Gasteiger partial charge in [-0.2, -0.15) is 0 Å². The lowest BCUT2D eigenvalue weighted by Gasteiger charge is -2.34. The number of carbonyl (C=O) groups excluding carboxylic acids is 2. The van der Waals surface area contributed by atoms with Crippen LogP contribution < -0.4 is 16.0 Å². The SMILES string of the molecule is CCCN(C)C(=O)c1nc(N)c2c(n1)N(Cc1cccc(CN3CCCC3)c1)C(O)C(=O)N2. The van der Waals surface area contributed by atoms with Gasteiger partial charge < -0.3 is 26.0 Å². The minimum absolute atomic E-state index is 0.0127. The topological polar surface area (TPSA) is 128 Å². The van der Waals surface area contributed by atoms with E-state index in [1.54, 1.807) is 7.05 Å². The average molecular weight is 454 g/mol. The first kappa shape index (κ1) is 22.9. The molecular formula is C23H31N7O3. The summed E-state index contributed by atoms with van der Waals surface area (Å²) in [4.78, 5) is 39.1. The van der Waals surface area contributed by atoms with Crippen LogP contribution in [0.1, 0.15) is 47.9 Å². The molecule has 2 aromatic rings. The minimum atomic E-state index is -1.47. The predicted molar refractivity (Wildman–Crippen MR) is 125 cm³/mol. The van der Waals surface area contributed by atoms with Crippen molar-refractivity contribution in [2.24, 2.45) is 0 Å². The van der Waals surface area contributed by atoms with Crippen LogP contribution in [0.15, 0.2) is 24.3 Å². The second-order valence-corrected chi connectivity index (χ2v) is 8.65. The summed E-state index contributed by atoms with van der Waals surface area (Å²) in [5.41, 5.74) is 8.37. The molecule has 2 amide bonds. The molecule has 2 aliphatic heterocycles. The number of hydrogen-bond acceptors (Lipinski definition) is 8. The van der Waals surface area contributed by atoms with Crippen molar-refractivity contribution >= 4 is 29.1 Å². The number of nitrogens with two attached hydrogens (primary N) is 1. The van der Waals surface area contributed by atoms with E-state index in [-0.39, 0.29) is 35.6 Å². The van der Waals surface area contributed by atoms with Gasteiger partial charge in [-0.3, -0.25) is 14.5 Å². The second kappa shape index (κ2) is 9.72. The van der Waals surface area contributed by atoms with Crippen molar-refractivity contribution < 1.29 is 14.7 Å². The van der Waals surface area contributed by atoms with Gasteiger partial charge in [0.15, 0.2) is 11.6 Å². The maximum absolute atomic E-state index is 12.8. The Bertz CT molecular complexity index is 1040. The molecule has 4 rings (SSSR count). The number of hydrogen-bond donors (Lipinski definition) is 3. The third kappa shape index (κ3) is 4.91. The zero-order valence-corrected chi connectivity index (χ0v) is 19.1. The van der Waals surface area contributed by atoms with Crippen LogP contribution in [0.5, 0.6) is 0 Å². The lowest BCUT2D eigenvalue weighted by Crippen LogP contribution is -2.48. The smallest absolute Gasteiger partial charge is 0.291 e. The van der Waals surface area contributed by atoms with Crippen LogP contribution in [-0.4, -0.2) is 69.6 Å². The molecule has 1 saturated heterocycles. The van der Waals surface area contributed by atoms with Crippen LogP contribution in [0.3, 0.4) is 0 Å². The molecule has 176 valence electrons. The normalized spacial score (nSPS) is 18.2. The number of likely N-dealkylation sites (tertiary alicyclic amines) is 1. The van der Waals surface area contributed by atoms with Crippen molar-refractivity contribution in [3.63, 3.8) is 0 Å². The molecule has 1 aromatic heterocycles. The standard InChI is InChI=1S/C23H31N7O3/c1-3-9-28(2)22(32)19-26-18(24)17-20(27-19)30(23(33)21(31)25-17)14-16-8-6-7-15(12-16)13-29-10-4-5-11-29/h6-8,12,23,33H,3-5,9-11,13-14H2,1-2H3,(H,25,31)(H2,24,26,27). The largest absolute Gasteiger partial charge is 0.382 e. The number of nitrogens with one attached hydrogen (secondary N) is 1. The maximum Gasteiger partial charge on any atom is 0.291 e. The first-order chi connectivity index (χ1) is 15.9. The fourth-order valence-corrected chi connectivity index (χ4v) is 4.33. The molecular weight excluding hydrogens is 422 g/mol. The van der Waals surface area contributed by atoms with Gasteiger partial charge in [0, 0.05) is 26.7 Å². The number of nitrogen functional groups attached to an aromatic ring is 1. The van der Waals surface area contributed by atoms with Crippen molar-refractivity contribution in [1.29, 1.82) is 0 Å². The van der Waals surface area contributed by atoms with Gasteiger partial charge in [0.2, 0.25) is 12.1 Å². The molecule has 10 heteroatoms. The van der Waals surface area contributed by atoms with Crippen LogP contribution in [0.2, 0.25) is 0 Å². The number of carbonyl (C=O) groups is 2. The third-order valence-electron chi connectivity index (χ3n) is 6.01. The predicted octanol–water partition coefficient (Wildman–Crippen LogP) is 1.41. The Kier molecular flexibility index (Phi) is 6.75. The van der Waals surface area contributed by atoms with E-state index in [9.17, 15) is 14.7 Å². The lowest BCUT2D eigenvalue weighted by molar-refractivity contribution is -0.124. The summed E-state index contributed by atoms with van der Waals surface area (Å²) in [5, 5.41) is 13.2. The molecule has 1 atom stereocenters. The molecule has 0 aliphatic carbocycles. The monoisotopic (exact) mass is 453 g/mol. The van der Waals surface area contributed by atoms with Gasteiger partial charge in [0.1, 0.15) is 5.69 Å². The van der Waals surface area contributed by atoms with E-state index in [2.05, 4.69) is 32.3 Å². The number of aliphatic hydroxyl groups excluding tert-OH is 1. The Morgan fingerprint density at radius 3 is 2.64 bits per heavy atom. The number of aromatic nitrogens is 2. The van der Waals surface area contributed by atoms with E-state index in [4.69, 9.17) is 5.73 Å². The number of fused-ring (bicyclic) bond motifs is 1. The van der Waals surface area contributed by atoms with Crippen LogP contribution in [-0.2, 0) is 17.9 Å². The highest BCUT2D eigenvalue weighted by Gasteiger charge is 2.35. The van der Waals surface area contributed by atoms with E-state index < -0.39 is 12.1 Å². The van der Waals surface area contributed by atoms with Crippen molar-refractivity contribution in [3.8, 4) is 0 Å². The molecule has 1 fully saturated rings. The van der Waals surface area contributed by atoms with Crippen molar-refractivity contribution in [1.82, 2.24) is 19.8 Å². The molecule has 0 saturated carbocycles. The molecule has 0 radical (unpaired) electrons. The quantitative estimate of drug-likeness (QED) is 0.574. The summed E-state index contributed by atoms with van der Waals surface area (Å²) in [6.07, 6.45) is 1.77. The molecule has 1 aromatic carbocycles. The summed E-state index contributed by atoms with van der Waals surface area (Å²) in [6.45, 7) is 5.81. The Hall–Kier alpha value is -3.24. The van der Waals surface area contributed by atoms with Gasteiger partial charge in [-0.15, -0.1) is 0 Å². The van der Waals surface area contributed by atoms with Gasteiger partial charge in [-0.25, -0.2) is 9.97 Å². The van der Waals surface area contributed by atoms with Gasteiger partial charge >= 0.3 is 0 Å². The number of aliphatic hydroxyl groups is 1. The van der Waals surface area contributed by atoms with Crippen molar-refractivity contribution in [2.75, 3.05) is 42.6 Å². The van der Waals surface area contributed by atoms with Gasteiger partial charge in [0.05, 0.1) is 0 Å². The number of amides is 2. The van der Waals surface area contributed by atoms with E-state index in [1.165, 1.54) is 28.2 Å². The third-order valence-corrected chi connectivity index (χ3v) is 6.01. The summed E-state index contributed by atoms with van der Waals surface area (Å²) in [5.74, 6) is -0.842. The molecule has 3 heterocycles. The first-order valence-electron chi connectivity index (χ1n) is 11.4. The molecule has 4 N–H and O–H groups in total. The summed E-state index contributed by atoms with van der Waals surface area (Å²) < 4.78 is 0. The van der Waals surface area contributed by atoms with Gasteiger partial charge in [0.25, 0.3) is 11.8 Å². The highest BCUT2D eigenvalue weighted by molar-refractivity contribution is 6.05. The number of nitrogens with zero attached hydrogens (tertiary/aromatic N) is 5. The van der Waals surface area contributed by atoms with Crippen LogP contribution in [0.25, 0.3) is 0 Å². The fraction of sp³-hybridized carbons (Fsp3) is 0.478. The number of rotatable bonds is 7. The Morgan fingerprint density at radius 1 is 1.24 bits per heavy atom. The number of benzene rings is 1. The molecule has 0 spiro atoms. The molecule has 0 bridgehead atoms.